The van der Waals surface area contributed by atoms with Gasteiger partial charge in [0.25, 0.3) is 5.91 Å². The maximum atomic E-state index is 12.5. The van der Waals surface area contributed by atoms with Crippen molar-refractivity contribution < 1.29 is 9.53 Å². The molecule has 0 radical (unpaired) electrons. The van der Waals surface area contributed by atoms with E-state index in [0.717, 1.165) is 16.9 Å². The Balaban J connectivity index is 1.44. The molecule has 8 heteroatoms. The number of carbonyl (C=O) groups is 1. The predicted octanol–water partition coefficient (Wildman–Crippen LogP) is 5.61. The van der Waals surface area contributed by atoms with Gasteiger partial charge in [0.1, 0.15) is 12.4 Å². The Morgan fingerprint density at radius 3 is 2.72 bits per heavy atom. The van der Waals surface area contributed by atoms with Crippen molar-refractivity contribution in [2.75, 3.05) is 7.05 Å². The van der Waals surface area contributed by atoms with Gasteiger partial charge in [-0.25, -0.2) is 4.98 Å². The third kappa shape index (κ3) is 4.70. The average molecular weight is 442 g/mol. The largest absolute Gasteiger partial charge is 0.489 e. The summed E-state index contributed by atoms with van der Waals surface area (Å²) in [6.07, 6.45) is 3.54. The molecule has 4 rings (SSSR count). The van der Waals surface area contributed by atoms with Crippen LogP contribution in [0.25, 0.3) is 6.08 Å². The van der Waals surface area contributed by atoms with Gasteiger partial charge in [-0.1, -0.05) is 41.9 Å². The molecule has 0 saturated carbocycles. The normalized spacial score (nSPS) is 16.8. The highest BCUT2D eigenvalue weighted by Gasteiger charge is 2.30. The zero-order valence-electron chi connectivity index (χ0n) is 15.4. The van der Waals surface area contributed by atoms with Crippen LogP contribution in [0, 0.1) is 0 Å². The molecule has 0 spiro atoms. The summed E-state index contributed by atoms with van der Waals surface area (Å²) in [4.78, 5) is 23.2. The van der Waals surface area contributed by atoms with E-state index in [9.17, 15) is 4.79 Å². The van der Waals surface area contributed by atoms with Crippen LogP contribution in [-0.2, 0) is 11.4 Å². The van der Waals surface area contributed by atoms with E-state index in [1.165, 1.54) is 23.1 Å². The molecular weight excluding hydrogens is 426 g/mol. The molecule has 3 aromatic rings. The summed E-state index contributed by atoms with van der Waals surface area (Å²) < 4.78 is 5.80. The molecule has 5 nitrogen and oxygen atoms in total. The SMILES string of the molecule is CN1C(=O)/C(=C/c2ccc(OCc3ccccc3Cl)cc2)S/C1=N/c1nccs1. The summed E-state index contributed by atoms with van der Waals surface area (Å²) in [5.41, 5.74) is 1.85. The summed E-state index contributed by atoms with van der Waals surface area (Å²) >= 11 is 8.93. The molecule has 29 heavy (non-hydrogen) atoms. The lowest BCUT2D eigenvalue weighted by molar-refractivity contribution is -0.121. The molecule has 1 aromatic heterocycles. The molecule has 1 amide bonds. The number of aromatic nitrogens is 1. The standard InChI is InChI=1S/C21H16ClN3O2S2/c1-25-19(26)18(29-21(25)24-20-23-10-11-28-20)12-14-6-8-16(9-7-14)27-13-15-4-2-3-5-17(15)22/h2-12H,13H2,1H3/b18-12-,24-21+. The van der Waals surface area contributed by atoms with Crippen LogP contribution >= 0.6 is 34.7 Å². The molecule has 2 aromatic carbocycles. The molecule has 2 heterocycles. The number of thiazole rings is 1. The average Bonchev–Trinajstić information content (AvgIpc) is 3.33. The summed E-state index contributed by atoms with van der Waals surface area (Å²) in [5.74, 6) is 0.657. The number of amides is 1. The molecular formula is C21H16ClN3O2S2. The van der Waals surface area contributed by atoms with Crippen molar-refractivity contribution in [3.05, 3.63) is 81.2 Å². The van der Waals surface area contributed by atoms with E-state index < -0.39 is 0 Å². The monoisotopic (exact) mass is 441 g/mol. The van der Waals surface area contributed by atoms with Crippen molar-refractivity contribution in [2.45, 2.75) is 6.61 Å². The van der Waals surface area contributed by atoms with Crippen LogP contribution in [0.2, 0.25) is 5.02 Å². The lowest BCUT2D eigenvalue weighted by Gasteiger charge is -2.08. The van der Waals surface area contributed by atoms with Gasteiger partial charge in [-0.05, 0) is 41.6 Å². The lowest BCUT2D eigenvalue weighted by atomic mass is 10.2. The number of halogens is 1. The van der Waals surface area contributed by atoms with Crippen LogP contribution in [0.3, 0.4) is 0 Å². The Morgan fingerprint density at radius 2 is 2.00 bits per heavy atom. The highest BCUT2D eigenvalue weighted by molar-refractivity contribution is 8.18. The van der Waals surface area contributed by atoms with Gasteiger partial charge in [-0.15, -0.1) is 11.3 Å². The van der Waals surface area contributed by atoms with Gasteiger partial charge in [0.05, 0.1) is 4.91 Å². The fourth-order valence-electron chi connectivity index (χ4n) is 2.59. The first-order valence-electron chi connectivity index (χ1n) is 8.72. The highest BCUT2D eigenvalue weighted by atomic mass is 35.5. The third-order valence-electron chi connectivity index (χ3n) is 4.14. The van der Waals surface area contributed by atoms with Crippen LogP contribution in [0.15, 0.2) is 70.0 Å². The number of nitrogens with zero attached hydrogens (tertiary/aromatic N) is 3. The second-order valence-electron chi connectivity index (χ2n) is 6.13. The Kier molecular flexibility index (Phi) is 5.99. The van der Waals surface area contributed by atoms with Gasteiger partial charge in [0.15, 0.2) is 5.17 Å². The van der Waals surface area contributed by atoms with Crippen LogP contribution < -0.4 is 4.74 Å². The topological polar surface area (TPSA) is 54.8 Å². The zero-order valence-corrected chi connectivity index (χ0v) is 17.8. The van der Waals surface area contributed by atoms with Gasteiger partial charge in [-0.2, -0.15) is 4.99 Å². The van der Waals surface area contributed by atoms with Crippen LogP contribution in [-0.4, -0.2) is 28.0 Å². The minimum atomic E-state index is -0.0793. The quantitative estimate of drug-likeness (QED) is 0.483. The molecule has 146 valence electrons. The van der Waals surface area contributed by atoms with Crippen molar-refractivity contribution in [2.24, 2.45) is 4.99 Å². The Hall–Kier alpha value is -2.61. The molecule has 0 unspecified atom stereocenters. The third-order valence-corrected chi connectivity index (χ3v) is 6.24. The smallest absolute Gasteiger partial charge is 0.266 e. The number of ether oxygens (including phenoxy) is 1. The number of amidine groups is 1. The number of rotatable bonds is 5. The molecule has 0 N–H and O–H groups in total. The first-order chi connectivity index (χ1) is 14.1. The Labute approximate surface area is 181 Å². The number of benzene rings is 2. The van der Waals surface area contributed by atoms with Gasteiger partial charge >= 0.3 is 0 Å². The van der Waals surface area contributed by atoms with E-state index in [2.05, 4.69) is 9.98 Å². The number of carbonyl (C=O) groups excluding carboxylic acids is 1. The zero-order chi connectivity index (χ0) is 20.2. The minimum absolute atomic E-state index is 0.0793. The van der Waals surface area contributed by atoms with Gasteiger partial charge < -0.3 is 4.74 Å². The molecule has 1 aliphatic rings. The number of thioether (sulfide) groups is 1. The molecule has 1 aliphatic heterocycles. The lowest BCUT2D eigenvalue weighted by Crippen LogP contribution is -2.23. The van der Waals surface area contributed by atoms with E-state index in [1.54, 1.807) is 18.1 Å². The Morgan fingerprint density at radius 1 is 1.21 bits per heavy atom. The minimum Gasteiger partial charge on any atom is -0.489 e. The summed E-state index contributed by atoms with van der Waals surface area (Å²) in [6.45, 7) is 0.399. The van der Waals surface area contributed by atoms with Crippen molar-refractivity contribution in [3.8, 4) is 5.75 Å². The predicted molar refractivity (Wildman–Crippen MR) is 120 cm³/mol. The van der Waals surface area contributed by atoms with Crippen molar-refractivity contribution in [1.29, 1.82) is 0 Å². The van der Waals surface area contributed by atoms with E-state index in [1.807, 2.05) is 60.0 Å². The van der Waals surface area contributed by atoms with Crippen LogP contribution in [0.4, 0.5) is 5.13 Å². The maximum Gasteiger partial charge on any atom is 0.266 e. The number of hydrogen-bond acceptors (Lipinski definition) is 6. The fraction of sp³-hybridized carbons (Fsp3) is 0.0952. The van der Waals surface area contributed by atoms with Gasteiger partial charge in [-0.3, -0.25) is 9.69 Å². The molecule has 0 aliphatic carbocycles. The molecule has 1 saturated heterocycles. The van der Waals surface area contributed by atoms with Crippen molar-refractivity contribution in [1.82, 2.24) is 9.88 Å². The van der Waals surface area contributed by atoms with E-state index >= 15 is 0 Å². The summed E-state index contributed by atoms with van der Waals surface area (Å²) in [5, 5.41) is 3.79. The fourth-order valence-corrected chi connectivity index (χ4v) is 4.31. The first kappa shape index (κ1) is 19.7. The van der Waals surface area contributed by atoms with E-state index in [-0.39, 0.29) is 5.91 Å². The highest BCUT2D eigenvalue weighted by Crippen LogP contribution is 2.33. The van der Waals surface area contributed by atoms with Crippen molar-refractivity contribution >= 4 is 57.0 Å². The molecule has 0 atom stereocenters. The number of likely N-dealkylation sites (N-methyl/N-ethyl adjacent to an activating group) is 1. The van der Waals surface area contributed by atoms with Crippen molar-refractivity contribution in [3.63, 3.8) is 0 Å². The second kappa shape index (κ2) is 8.82. The Bertz CT molecular complexity index is 1080. The second-order valence-corrected chi connectivity index (χ2v) is 8.42. The summed E-state index contributed by atoms with van der Waals surface area (Å²) in [7, 11) is 1.72. The first-order valence-corrected chi connectivity index (χ1v) is 10.8. The molecule has 0 bridgehead atoms. The van der Waals surface area contributed by atoms with Gasteiger partial charge in [0, 0.05) is 29.2 Å². The van der Waals surface area contributed by atoms with Gasteiger partial charge in [0.2, 0.25) is 5.13 Å². The number of aliphatic imine (C=N–C) groups is 1. The maximum absolute atomic E-state index is 12.5. The van der Waals surface area contributed by atoms with Crippen LogP contribution in [0.5, 0.6) is 5.75 Å². The van der Waals surface area contributed by atoms with E-state index in [0.29, 0.717) is 26.8 Å². The number of hydrogen-bond donors (Lipinski definition) is 0. The van der Waals surface area contributed by atoms with E-state index in [4.69, 9.17) is 16.3 Å². The van der Waals surface area contributed by atoms with Crippen LogP contribution in [0.1, 0.15) is 11.1 Å². The molecule has 1 fully saturated rings. The summed E-state index contributed by atoms with van der Waals surface area (Å²) in [6, 6.07) is 15.2.